The van der Waals surface area contributed by atoms with E-state index in [9.17, 15) is 31.1 Å². The molecule has 0 spiro atoms. The molecule has 0 saturated carbocycles. The molecule has 0 bridgehead atoms. The van der Waals surface area contributed by atoms with Gasteiger partial charge in [-0.1, -0.05) is 24.3 Å². The normalized spacial score (nSPS) is 12.0. The third-order valence-electron chi connectivity index (χ3n) is 5.17. The third-order valence-corrected chi connectivity index (χ3v) is 5.17. The van der Waals surface area contributed by atoms with Gasteiger partial charge in [0.2, 0.25) is 0 Å². The van der Waals surface area contributed by atoms with Crippen molar-refractivity contribution in [3.05, 3.63) is 94.2 Å². The van der Waals surface area contributed by atoms with Crippen LogP contribution in [0.4, 0.5) is 32.2 Å². The molecule has 0 radical (unpaired) electrons. The monoisotopic (exact) mass is 482 g/mol. The summed E-state index contributed by atoms with van der Waals surface area (Å²) < 4.78 is 80.0. The molecule has 0 amide bonds. The molecule has 10 heteroatoms. The number of rotatable bonds is 7. The van der Waals surface area contributed by atoms with Crippen molar-refractivity contribution in [3.8, 4) is 0 Å². The van der Waals surface area contributed by atoms with Crippen LogP contribution >= 0.6 is 0 Å². The molecule has 0 aliphatic carbocycles. The molecule has 180 valence electrons. The van der Waals surface area contributed by atoms with Crippen molar-refractivity contribution >= 4 is 11.8 Å². The summed E-state index contributed by atoms with van der Waals surface area (Å²) in [5, 5.41) is 9.02. The van der Waals surface area contributed by atoms with E-state index < -0.39 is 29.4 Å². The van der Waals surface area contributed by atoms with Crippen molar-refractivity contribution in [3.63, 3.8) is 0 Å². The van der Waals surface area contributed by atoms with E-state index in [0.717, 1.165) is 11.6 Å². The quantitative estimate of drug-likeness (QED) is 0.398. The number of aromatic nitrogens is 1. The smallest absolute Gasteiger partial charge is 0.416 e. The van der Waals surface area contributed by atoms with E-state index in [2.05, 4.69) is 4.98 Å². The Morgan fingerprint density at radius 1 is 0.941 bits per heavy atom. The Kier molecular flexibility index (Phi) is 7.18. The molecule has 0 aliphatic rings. The van der Waals surface area contributed by atoms with Gasteiger partial charge < -0.3 is 10.0 Å². The van der Waals surface area contributed by atoms with Crippen molar-refractivity contribution in [1.82, 2.24) is 4.98 Å². The van der Waals surface area contributed by atoms with Gasteiger partial charge in [-0.25, -0.2) is 9.78 Å². The first-order valence-corrected chi connectivity index (χ1v) is 10.1. The molecule has 0 unspecified atom stereocenters. The molecule has 0 aliphatic heterocycles. The summed E-state index contributed by atoms with van der Waals surface area (Å²) in [6.45, 7) is 1.59. The first-order chi connectivity index (χ1) is 15.8. The van der Waals surface area contributed by atoms with Crippen LogP contribution in [0.2, 0.25) is 0 Å². The number of carboxylic acid groups (broad SMARTS) is 1. The maximum absolute atomic E-state index is 13.6. The van der Waals surface area contributed by atoms with Crippen molar-refractivity contribution in [2.45, 2.75) is 32.2 Å². The second-order valence-corrected chi connectivity index (χ2v) is 7.68. The number of aromatic carboxylic acids is 1. The van der Waals surface area contributed by atoms with E-state index in [0.29, 0.717) is 24.0 Å². The van der Waals surface area contributed by atoms with Crippen LogP contribution in [-0.2, 0) is 25.3 Å². The van der Waals surface area contributed by atoms with E-state index in [1.165, 1.54) is 12.1 Å². The Morgan fingerprint density at radius 2 is 1.62 bits per heavy atom. The van der Waals surface area contributed by atoms with Gasteiger partial charge in [0.25, 0.3) is 0 Å². The van der Waals surface area contributed by atoms with E-state index in [-0.39, 0.29) is 30.3 Å². The van der Waals surface area contributed by atoms with Crippen LogP contribution in [-0.4, -0.2) is 22.6 Å². The fourth-order valence-corrected chi connectivity index (χ4v) is 3.42. The van der Waals surface area contributed by atoms with Gasteiger partial charge in [-0.15, -0.1) is 0 Å². The number of anilines is 1. The molecule has 1 heterocycles. The predicted molar refractivity (Wildman–Crippen MR) is 114 cm³/mol. The lowest BCUT2D eigenvalue weighted by molar-refractivity contribution is -0.143. The molecule has 0 saturated heterocycles. The number of benzene rings is 2. The number of carbonyl (C=O) groups is 1. The fourth-order valence-electron chi connectivity index (χ4n) is 3.42. The zero-order chi connectivity index (χ0) is 25.1. The minimum absolute atomic E-state index is 0.0977. The summed E-state index contributed by atoms with van der Waals surface area (Å²) in [7, 11) is 0. The van der Waals surface area contributed by atoms with Crippen LogP contribution in [0.15, 0.2) is 60.7 Å². The molecule has 0 fully saturated rings. The Labute approximate surface area is 191 Å². The van der Waals surface area contributed by atoms with Gasteiger partial charge in [-0.05, 0) is 60.9 Å². The van der Waals surface area contributed by atoms with Gasteiger partial charge in [-0.3, -0.25) is 0 Å². The van der Waals surface area contributed by atoms with Crippen molar-refractivity contribution < 1.29 is 36.2 Å². The maximum Gasteiger partial charge on any atom is 0.416 e. The van der Waals surface area contributed by atoms with E-state index >= 15 is 0 Å². The number of alkyl halides is 6. The van der Waals surface area contributed by atoms with Crippen molar-refractivity contribution in [1.29, 1.82) is 0 Å². The second kappa shape index (κ2) is 9.74. The molecule has 4 nitrogen and oxygen atoms in total. The molecule has 34 heavy (non-hydrogen) atoms. The summed E-state index contributed by atoms with van der Waals surface area (Å²) in [6, 6.07) is 12.7. The molecular formula is C24H20F6N2O2. The molecular weight excluding hydrogens is 462 g/mol. The highest BCUT2D eigenvalue weighted by Crippen LogP contribution is 2.38. The zero-order valence-electron chi connectivity index (χ0n) is 17.9. The molecule has 1 N–H and O–H groups in total. The Bertz CT molecular complexity index is 1160. The second-order valence-electron chi connectivity index (χ2n) is 7.68. The number of aryl methyl sites for hydroxylation is 1. The molecule has 2 aromatic carbocycles. The Morgan fingerprint density at radius 3 is 2.18 bits per heavy atom. The highest BCUT2D eigenvalue weighted by Gasteiger charge is 2.38. The van der Waals surface area contributed by atoms with Gasteiger partial charge >= 0.3 is 18.3 Å². The van der Waals surface area contributed by atoms with Gasteiger partial charge in [0.1, 0.15) is 5.82 Å². The average molecular weight is 482 g/mol. The minimum Gasteiger partial charge on any atom is -0.478 e. The molecule has 1 aromatic heterocycles. The first kappa shape index (κ1) is 25.1. The third kappa shape index (κ3) is 6.27. The van der Waals surface area contributed by atoms with Gasteiger partial charge in [0, 0.05) is 18.8 Å². The van der Waals surface area contributed by atoms with Gasteiger partial charge in [0.15, 0.2) is 0 Å². The maximum atomic E-state index is 13.6. The Balaban J connectivity index is 1.94. The highest BCUT2D eigenvalue weighted by atomic mass is 19.4. The fraction of sp³-hybridized carbons (Fsp3) is 0.250. The standard InChI is InChI=1S/C24H20F6N2O2/c1-15-3-2-4-21(31-15)32(12-11-16-5-7-17(8-6-16)22(33)34)14-18-9-10-19(23(25,26)27)13-20(18)24(28,29)30/h2-10,13H,11-12,14H2,1H3,(H,33,34). The van der Waals surface area contributed by atoms with Crippen molar-refractivity contribution in [2.75, 3.05) is 11.4 Å². The SMILES string of the molecule is Cc1cccc(N(CCc2ccc(C(=O)O)cc2)Cc2ccc(C(F)(F)F)cc2C(F)(F)F)n1. The number of nitrogens with zero attached hydrogens (tertiary/aromatic N) is 2. The number of hydrogen-bond acceptors (Lipinski definition) is 3. The number of hydrogen-bond donors (Lipinski definition) is 1. The summed E-state index contributed by atoms with van der Waals surface area (Å²) >= 11 is 0. The summed E-state index contributed by atoms with van der Waals surface area (Å²) in [5.74, 6) is -0.714. The zero-order valence-corrected chi connectivity index (χ0v) is 17.9. The van der Waals surface area contributed by atoms with E-state index in [1.807, 2.05) is 0 Å². The van der Waals surface area contributed by atoms with E-state index in [1.54, 1.807) is 42.2 Å². The topological polar surface area (TPSA) is 53.4 Å². The predicted octanol–water partition coefficient (Wildman–Crippen LogP) is 6.38. The van der Waals surface area contributed by atoms with Gasteiger partial charge in [0.05, 0.1) is 16.7 Å². The van der Waals surface area contributed by atoms with Crippen LogP contribution in [0.1, 0.15) is 38.3 Å². The van der Waals surface area contributed by atoms with Gasteiger partial charge in [-0.2, -0.15) is 26.3 Å². The summed E-state index contributed by atoms with van der Waals surface area (Å²) in [4.78, 5) is 16.9. The average Bonchev–Trinajstić information content (AvgIpc) is 2.75. The lowest BCUT2D eigenvalue weighted by Gasteiger charge is -2.26. The molecule has 0 atom stereocenters. The van der Waals surface area contributed by atoms with Crippen LogP contribution < -0.4 is 4.90 Å². The number of pyridine rings is 1. The largest absolute Gasteiger partial charge is 0.478 e. The van der Waals surface area contributed by atoms with Crippen LogP contribution in [0.5, 0.6) is 0 Å². The molecule has 3 aromatic rings. The van der Waals surface area contributed by atoms with Crippen LogP contribution in [0.3, 0.4) is 0 Å². The highest BCUT2D eigenvalue weighted by molar-refractivity contribution is 5.87. The Hall–Kier alpha value is -3.56. The lowest BCUT2D eigenvalue weighted by Crippen LogP contribution is -2.28. The van der Waals surface area contributed by atoms with Crippen molar-refractivity contribution in [2.24, 2.45) is 0 Å². The number of carboxylic acids is 1. The number of halogens is 6. The molecule has 3 rings (SSSR count). The lowest BCUT2D eigenvalue weighted by atomic mass is 10.0. The van der Waals surface area contributed by atoms with Crippen LogP contribution in [0, 0.1) is 6.92 Å². The first-order valence-electron chi connectivity index (χ1n) is 10.1. The summed E-state index contributed by atoms with van der Waals surface area (Å²) in [5.41, 5.74) is -1.58. The summed E-state index contributed by atoms with van der Waals surface area (Å²) in [6.07, 6.45) is -9.54. The minimum atomic E-state index is -4.98. The van der Waals surface area contributed by atoms with Crippen LogP contribution in [0.25, 0.3) is 0 Å². The van der Waals surface area contributed by atoms with E-state index in [4.69, 9.17) is 5.11 Å².